The van der Waals surface area contributed by atoms with Crippen molar-refractivity contribution in [3.8, 4) is 106 Å². The molecule has 0 saturated heterocycles. The number of hydrogen-bond donors (Lipinski definition) is 0. The maximum absolute atomic E-state index is 6.48. The fourth-order valence-corrected chi connectivity index (χ4v) is 15.6. The van der Waals surface area contributed by atoms with Gasteiger partial charge < -0.3 is 28.4 Å². The van der Waals surface area contributed by atoms with Gasteiger partial charge >= 0.3 is 0 Å². The molecule has 120 heavy (non-hydrogen) atoms. The Balaban J connectivity index is 0.913. The van der Waals surface area contributed by atoms with E-state index in [0.717, 1.165) is 243 Å². The Morgan fingerprint density at radius 2 is 0.325 bits per heavy atom. The summed E-state index contributed by atoms with van der Waals surface area (Å²) in [7, 11) is 0. The smallest absolute Gasteiger partial charge is 0.162 e. The number of benzene rings is 13. The van der Waals surface area contributed by atoms with Crippen molar-refractivity contribution in [2.45, 2.75) is 196 Å². The van der Waals surface area contributed by atoms with Crippen molar-refractivity contribution < 1.29 is 28.4 Å². The molecular weight excluding hydrogens is 1470 g/mol. The largest absolute Gasteiger partial charge is 0.490 e. The van der Waals surface area contributed by atoms with E-state index in [1.807, 2.05) is 36.4 Å². The average molecular weight is 1580 g/mol. The third-order valence-corrected chi connectivity index (χ3v) is 22.1. The summed E-state index contributed by atoms with van der Waals surface area (Å²) in [6, 6.07) is 75.8. The highest BCUT2D eigenvalue weighted by Crippen LogP contribution is 2.39. The second-order valence-corrected chi connectivity index (χ2v) is 31.3. The van der Waals surface area contributed by atoms with Gasteiger partial charge in [0.1, 0.15) is 0 Å². The molecular formula is C114H114O6. The second kappa shape index (κ2) is 45.5. The molecule has 0 amide bonds. The van der Waals surface area contributed by atoms with Crippen LogP contribution in [0.1, 0.15) is 262 Å². The van der Waals surface area contributed by atoms with Gasteiger partial charge in [-0.05, 0) is 176 Å². The predicted molar refractivity (Wildman–Crippen MR) is 504 cm³/mol. The summed E-state index contributed by atoms with van der Waals surface area (Å²) >= 11 is 0. The van der Waals surface area contributed by atoms with Crippen molar-refractivity contribution in [1.82, 2.24) is 0 Å². The van der Waals surface area contributed by atoms with Crippen LogP contribution in [0.3, 0.4) is 0 Å². The Kier molecular flexibility index (Phi) is 32.4. The Morgan fingerprint density at radius 1 is 0.158 bits per heavy atom. The highest BCUT2D eigenvalue weighted by atomic mass is 16.5. The van der Waals surface area contributed by atoms with Crippen LogP contribution in [-0.4, -0.2) is 39.6 Å². The molecule has 0 aliphatic heterocycles. The molecule has 0 aliphatic rings. The van der Waals surface area contributed by atoms with Gasteiger partial charge in [0.15, 0.2) is 34.5 Å². The molecule has 0 aliphatic carbocycles. The minimum absolute atomic E-state index is 0.628. The number of rotatable bonds is 36. The molecule has 0 bridgehead atoms. The summed E-state index contributed by atoms with van der Waals surface area (Å²) in [5.41, 5.74) is 10.4. The van der Waals surface area contributed by atoms with Gasteiger partial charge in [-0.1, -0.05) is 374 Å². The van der Waals surface area contributed by atoms with Gasteiger partial charge in [0.25, 0.3) is 0 Å². The number of hydrogen-bond acceptors (Lipinski definition) is 6. The van der Waals surface area contributed by atoms with E-state index in [1.54, 1.807) is 0 Å². The maximum Gasteiger partial charge on any atom is 0.162 e. The Bertz CT molecular complexity index is 5330. The van der Waals surface area contributed by atoms with E-state index < -0.39 is 0 Å². The monoisotopic (exact) mass is 1580 g/mol. The van der Waals surface area contributed by atoms with Crippen LogP contribution in [0.5, 0.6) is 34.5 Å². The quantitative estimate of drug-likeness (QED) is 0.0222. The molecule has 0 radical (unpaired) electrons. The highest BCUT2D eigenvalue weighted by Gasteiger charge is 2.18. The minimum atomic E-state index is 0.628. The minimum Gasteiger partial charge on any atom is -0.490 e. The topological polar surface area (TPSA) is 55.4 Å². The van der Waals surface area contributed by atoms with Crippen molar-refractivity contribution in [1.29, 1.82) is 0 Å². The molecule has 0 spiro atoms. The molecule has 0 fully saturated rings. The lowest BCUT2D eigenvalue weighted by atomic mass is 9.91. The van der Waals surface area contributed by atoms with E-state index in [4.69, 9.17) is 28.4 Å². The average Bonchev–Trinajstić information content (AvgIpc) is 0.763. The lowest BCUT2D eigenvalue weighted by Gasteiger charge is -2.13. The van der Waals surface area contributed by atoms with E-state index in [-0.39, 0.29) is 0 Å². The van der Waals surface area contributed by atoms with Crippen molar-refractivity contribution in [3.63, 3.8) is 0 Å². The summed E-state index contributed by atoms with van der Waals surface area (Å²) in [4.78, 5) is 0. The molecule has 0 aromatic heterocycles. The summed E-state index contributed by atoms with van der Waals surface area (Å²) in [6.45, 7) is 17.2. The van der Waals surface area contributed by atoms with Gasteiger partial charge in [0, 0.05) is 66.8 Å². The lowest BCUT2D eigenvalue weighted by molar-refractivity contribution is 0.259. The van der Waals surface area contributed by atoms with E-state index in [0.29, 0.717) is 39.6 Å². The van der Waals surface area contributed by atoms with Crippen LogP contribution in [0.4, 0.5) is 0 Å². The zero-order valence-electron chi connectivity index (χ0n) is 71.4. The molecule has 0 heterocycles. The molecule has 0 saturated carbocycles. The maximum atomic E-state index is 6.48. The van der Waals surface area contributed by atoms with Gasteiger partial charge in [-0.3, -0.25) is 0 Å². The zero-order valence-corrected chi connectivity index (χ0v) is 71.4. The first-order valence-electron chi connectivity index (χ1n) is 44.6. The van der Waals surface area contributed by atoms with Crippen LogP contribution in [0.15, 0.2) is 218 Å². The third-order valence-electron chi connectivity index (χ3n) is 22.1. The molecule has 0 N–H and O–H groups in total. The normalized spacial score (nSPS) is 10.8. The lowest BCUT2D eigenvalue weighted by Crippen LogP contribution is -2.03. The van der Waals surface area contributed by atoms with Crippen LogP contribution >= 0.6 is 0 Å². The van der Waals surface area contributed by atoms with Gasteiger partial charge in [-0.2, -0.15) is 0 Å². The molecule has 606 valence electrons. The van der Waals surface area contributed by atoms with Crippen molar-refractivity contribution in [2.75, 3.05) is 39.6 Å². The predicted octanol–water partition coefficient (Wildman–Crippen LogP) is 28.8. The molecule has 0 atom stereocenters. The van der Waals surface area contributed by atoms with Crippen molar-refractivity contribution in [3.05, 3.63) is 285 Å². The SMILES string of the molecule is CCCCCCOc1ccc(C#Cc2c3ccccc3c(C#Cc3cc(C#Cc4c5ccccc5c(C#Cc5ccc(OCCCCCC)c(OCCCCCC)c5)c5ccccc45)cc(C#Cc4c5ccccc5c(C#Cc5ccc(OCCCCCC)c(OCCCCCC)c5)c5ccccc45)c3)c3ccccc23)cc1OCCCCCC. The molecule has 6 heteroatoms. The Morgan fingerprint density at radius 3 is 0.500 bits per heavy atom. The third kappa shape index (κ3) is 22.9. The number of unbranched alkanes of at least 4 members (excludes halogenated alkanes) is 18. The van der Waals surface area contributed by atoms with E-state index in [2.05, 4.69) is 295 Å². The zero-order chi connectivity index (χ0) is 82.7. The van der Waals surface area contributed by atoms with Crippen molar-refractivity contribution >= 4 is 64.6 Å². The van der Waals surface area contributed by atoms with Crippen molar-refractivity contribution in [2.24, 2.45) is 0 Å². The highest BCUT2D eigenvalue weighted by molar-refractivity contribution is 6.12. The van der Waals surface area contributed by atoms with Gasteiger partial charge in [0.2, 0.25) is 0 Å². The second-order valence-electron chi connectivity index (χ2n) is 31.3. The number of ether oxygens (including phenoxy) is 6. The van der Waals surface area contributed by atoms with Crippen LogP contribution in [-0.2, 0) is 0 Å². The molecule has 13 aromatic rings. The molecule has 0 unspecified atom stereocenters. The fraction of sp³-hybridized carbons (Fsp3) is 0.316. The summed E-state index contributed by atoms with van der Waals surface area (Å²) in [5.74, 6) is 48.8. The molecule has 6 nitrogen and oxygen atoms in total. The summed E-state index contributed by atoms with van der Waals surface area (Å²) in [5, 5.41) is 12.2. The Hall–Kier alpha value is -12.4. The van der Waals surface area contributed by atoms with E-state index >= 15 is 0 Å². The summed E-state index contributed by atoms with van der Waals surface area (Å²) < 4.78 is 38.6. The first-order chi connectivity index (χ1) is 59.3. The molecule has 13 aromatic carbocycles. The summed E-state index contributed by atoms with van der Waals surface area (Å²) in [6.07, 6.45) is 27.0. The number of fused-ring (bicyclic) bond motifs is 6. The van der Waals surface area contributed by atoms with Gasteiger partial charge in [-0.25, -0.2) is 0 Å². The fourth-order valence-electron chi connectivity index (χ4n) is 15.6. The van der Waals surface area contributed by atoms with Gasteiger partial charge in [-0.15, -0.1) is 0 Å². The van der Waals surface area contributed by atoms with E-state index in [1.165, 1.54) is 77.0 Å². The standard InChI is InChI=1S/C114H114O6/c1-7-13-19-37-73-115-109-70-61-85(82-112(109)118-76-40-22-16-10-4)55-64-103-91-43-25-31-49-97(91)106(98-50-32-26-44-92(98)103)67-58-88-79-89(59-68-107-99-51-33-27-45-93(99)104(94-46-28-34-52-100(94)107)65-56-86-62-71-110(116-74-38-20-14-8-2)113(83-86)119-77-41-23-17-11-5)81-90(80-88)60-69-108-101-53-35-29-47-95(101)105(96-48-30-36-54-102(96)108)66-57-87-63-72-111(117-75-39-21-15-9-3)114(84-87)120-78-42-24-18-12-6/h25-36,43-54,61-63,70-72,79-84H,7-24,37-42,73-78H2,1-6H3. The Labute approximate surface area is 714 Å². The van der Waals surface area contributed by atoms with E-state index in [9.17, 15) is 0 Å². The molecule has 13 rings (SSSR count). The van der Waals surface area contributed by atoms with Crippen LogP contribution in [0.25, 0.3) is 64.6 Å². The first-order valence-corrected chi connectivity index (χ1v) is 44.6. The van der Waals surface area contributed by atoms with Crippen LogP contribution < -0.4 is 28.4 Å². The van der Waals surface area contributed by atoms with Gasteiger partial charge in [0.05, 0.1) is 39.6 Å². The van der Waals surface area contributed by atoms with Crippen LogP contribution in [0, 0.1) is 71.0 Å². The van der Waals surface area contributed by atoms with Crippen LogP contribution in [0.2, 0.25) is 0 Å². The first kappa shape index (κ1) is 85.5.